The summed E-state index contributed by atoms with van der Waals surface area (Å²) in [6, 6.07) is 29.5. The molecule has 2 fully saturated rings. The summed E-state index contributed by atoms with van der Waals surface area (Å²) < 4.78 is 0. The number of fused-ring (bicyclic) bond motifs is 2. The number of carbonyl (C=O) groups excluding carboxylic acids is 5. The zero-order chi connectivity index (χ0) is 54.6. The third-order valence-corrected chi connectivity index (χ3v) is 13.4. The van der Waals surface area contributed by atoms with E-state index in [4.69, 9.17) is 49.7 Å². The van der Waals surface area contributed by atoms with Gasteiger partial charge in [-0.2, -0.15) is 0 Å². The number of anilines is 4. The Morgan fingerprint density at radius 1 is 0.571 bits per heavy atom. The summed E-state index contributed by atoms with van der Waals surface area (Å²) in [4.78, 5) is 91.0. The molecule has 21 nitrogen and oxygen atoms in total. The van der Waals surface area contributed by atoms with Crippen LogP contribution in [0.1, 0.15) is 72.1 Å². The van der Waals surface area contributed by atoms with Crippen molar-refractivity contribution in [2.24, 2.45) is 11.5 Å². The fraction of sp³-hybridized carbons (Fsp3) is 0.222. The van der Waals surface area contributed by atoms with Crippen LogP contribution < -0.4 is 43.8 Å². The van der Waals surface area contributed by atoms with Crippen LogP contribution >= 0.6 is 23.2 Å². The lowest BCUT2D eigenvalue weighted by molar-refractivity contribution is -0.148. The highest BCUT2D eigenvalue weighted by molar-refractivity contribution is 6.39. The second-order valence-electron chi connectivity index (χ2n) is 18.3. The number of H-pyrrole nitrogens is 2. The molecule has 0 saturated heterocycles. The van der Waals surface area contributed by atoms with Crippen LogP contribution in [0.25, 0.3) is 44.3 Å². The fourth-order valence-corrected chi connectivity index (χ4v) is 9.51. The van der Waals surface area contributed by atoms with Crippen molar-refractivity contribution in [3.8, 4) is 22.5 Å². The molecular weight excluding hydrogens is 1030 g/mol. The summed E-state index contributed by atoms with van der Waals surface area (Å²) in [6.07, 6.45) is 14.2. The van der Waals surface area contributed by atoms with Crippen molar-refractivity contribution < 1.29 is 33.9 Å². The van der Waals surface area contributed by atoms with Gasteiger partial charge in [-0.15, -0.1) is 0 Å². The molecule has 396 valence electrons. The van der Waals surface area contributed by atoms with E-state index in [9.17, 15) is 28.8 Å². The van der Waals surface area contributed by atoms with E-state index in [0.29, 0.717) is 62.3 Å². The predicted octanol–water partition coefficient (Wildman–Crippen LogP) is 7.43. The minimum absolute atomic E-state index is 0.0246. The first-order valence-corrected chi connectivity index (χ1v) is 25.3. The quantitative estimate of drug-likeness (QED) is 0.0443. The Hall–Kier alpha value is -9.08. The Labute approximate surface area is 450 Å². The molecule has 23 heteroatoms. The Morgan fingerprint density at radius 3 is 1.42 bits per heavy atom. The van der Waals surface area contributed by atoms with Crippen molar-refractivity contribution in [1.82, 2.24) is 40.5 Å². The van der Waals surface area contributed by atoms with E-state index in [1.165, 1.54) is 0 Å². The third kappa shape index (κ3) is 14.2. The van der Waals surface area contributed by atoms with E-state index in [1.54, 1.807) is 60.9 Å². The number of hydrogen-bond donors (Lipinski definition) is 11. The van der Waals surface area contributed by atoms with Crippen molar-refractivity contribution in [1.29, 1.82) is 0 Å². The molecule has 2 aliphatic rings. The number of para-hydroxylation sites is 2. The van der Waals surface area contributed by atoms with Crippen LogP contribution in [0, 0.1) is 0 Å². The fourth-order valence-electron chi connectivity index (χ4n) is 9.12. The largest absolute Gasteiger partial charge is 0.474 e. The van der Waals surface area contributed by atoms with Crippen molar-refractivity contribution in [3.63, 3.8) is 0 Å². The van der Waals surface area contributed by atoms with Gasteiger partial charge in [0.2, 0.25) is 11.9 Å². The minimum Gasteiger partial charge on any atom is -0.474 e. The van der Waals surface area contributed by atoms with Crippen LogP contribution in [0.5, 0.6) is 0 Å². The summed E-state index contributed by atoms with van der Waals surface area (Å²) in [5.41, 5.74) is 22.2. The molecular formula is C54H54Cl2N14O7. The van der Waals surface area contributed by atoms with E-state index < -0.39 is 23.7 Å². The topological polar surface area (TPSA) is 344 Å². The van der Waals surface area contributed by atoms with E-state index in [-0.39, 0.29) is 36.0 Å². The molecule has 2 aliphatic carbocycles. The monoisotopic (exact) mass is 1080 g/mol. The van der Waals surface area contributed by atoms with Crippen molar-refractivity contribution in [2.75, 3.05) is 21.7 Å². The number of amides is 5. The molecule has 10 rings (SSSR count). The van der Waals surface area contributed by atoms with Gasteiger partial charge in [0.05, 0.1) is 33.8 Å². The molecule has 0 aliphatic heterocycles. The van der Waals surface area contributed by atoms with Gasteiger partial charge in [0.25, 0.3) is 11.8 Å². The summed E-state index contributed by atoms with van der Waals surface area (Å²) in [5, 5.41) is 26.0. The molecule has 0 bridgehead atoms. The molecule has 4 aromatic carbocycles. The zero-order valence-corrected chi connectivity index (χ0v) is 42.7. The molecule has 4 aromatic heterocycles. The average molecular weight is 1080 g/mol. The number of hydrogen-bond acceptors (Lipinski definition) is 13. The standard InChI is InChI=1S/C27H26ClN7O3.C25H25ClN6O.C2H3NO3/c28-21-14-31-27(35-23(21)20-13-30-22-7-2-1-6-19(20)22)34-18-5-3-4-17(12-18)33-25(37)15-8-10-16(11-9-15)32-26(38)24(29)36;26-21-14-29-25(32-23(21)20-13-28-22-7-2-1-6-19(20)22)31-18-5-3-4-17(12-18)30-24(33)15-8-10-16(27)11-9-15;3-1(4)2(5)6/h1-2,6-11,13-14,17-18,30H,3-5,12H2,(H2,29,36)(H,32,38)(H,33,37)(H,31,34,35);1-2,6-11,13-14,17-18,28H,3-5,12,27H2,(H,30,33)(H,29,31,32);(H2,3,4)(H,5,6)/t2*17-,18+;/m00./s1. The lowest BCUT2D eigenvalue weighted by atomic mass is 9.91. The highest BCUT2D eigenvalue weighted by Gasteiger charge is 2.27. The highest BCUT2D eigenvalue weighted by Crippen LogP contribution is 2.35. The summed E-state index contributed by atoms with van der Waals surface area (Å²) >= 11 is 12.9. The first-order chi connectivity index (χ1) is 37.1. The molecule has 0 unspecified atom stereocenters. The number of aromatic nitrogens is 6. The third-order valence-electron chi connectivity index (χ3n) is 12.9. The zero-order valence-electron chi connectivity index (χ0n) is 41.2. The molecule has 4 heterocycles. The SMILES string of the molecule is NC(=O)C(=O)Nc1ccc(C(=O)N[C@H]2CCC[C@@H](Nc3ncc(Cl)c(-c4c[nH]c5ccccc45)n3)C2)cc1.NC(=O)C(=O)O.Nc1ccc(C(=O)N[C@H]2CCC[C@@H](Nc3ncc(Cl)c(-c4c[nH]c5ccccc45)n3)C2)cc1. The summed E-state index contributed by atoms with van der Waals surface area (Å²) in [6.45, 7) is 0. The van der Waals surface area contributed by atoms with Gasteiger partial charge in [-0.3, -0.25) is 24.0 Å². The van der Waals surface area contributed by atoms with E-state index in [1.807, 2.05) is 60.9 Å². The summed E-state index contributed by atoms with van der Waals surface area (Å²) in [7, 11) is 0. The molecule has 0 radical (unpaired) electrons. The molecule has 4 atom stereocenters. The number of carboxylic acid groups (broad SMARTS) is 1. The maximum absolute atomic E-state index is 12.8. The Bertz CT molecular complexity index is 3430. The summed E-state index contributed by atoms with van der Waals surface area (Å²) in [5.74, 6) is -4.19. The maximum atomic E-state index is 12.8. The lowest BCUT2D eigenvalue weighted by Gasteiger charge is -2.30. The minimum atomic E-state index is -1.60. The first-order valence-electron chi connectivity index (χ1n) is 24.5. The van der Waals surface area contributed by atoms with E-state index >= 15 is 0 Å². The van der Waals surface area contributed by atoms with E-state index in [0.717, 1.165) is 77.9 Å². The first kappa shape index (κ1) is 54.2. The molecule has 77 heavy (non-hydrogen) atoms. The lowest BCUT2D eigenvalue weighted by Crippen LogP contribution is -2.42. The smallest absolute Gasteiger partial charge is 0.394 e. The van der Waals surface area contributed by atoms with Crippen molar-refractivity contribution in [3.05, 3.63) is 143 Å². The van der Waals surface area contributed by atoms with Crippen LogP contribution in [-0.4, -0.2) is 94.7 Å². The number of aliphatic carboxylic acids is 1. The van der Waals surface area contributed by atoms with Gasteiger partial charge < -0.3 is 58.9 Å². The average Bonchev–Trinajstić information content (AvgIpc) is 4.08. The van der Waals surface area contributed by atoms with Gasteiger partial charge in [-0.05, 0) is 112 Å². The number of nitrogens with two attached hydrogens (primary N) is 3. The number of nitrogen functional groups attached to an aromatic ring is 1. The maximum Gasteiger partial charge on any atom is 0.394 e. The second kappa shape index (κ2) is 25.0. The molecule has 14 N–H and O–H groups in total. The second-order valence-corrected chi connectivity index (χ2v) is 19.1. The number of carboxylic acids is 1. The molecule has 8 aromatic rings. The molecule has 0 spiro atoms. The Kier molecular flexibility index (Phi) is 17.6. The van der Waals surface area contributed by atoms with Crippen LogP contribution in [0.2, 0.25) is 10.0 Å². The Morgan fingerprint density at radius 2 is 0.987 bits per heavy atom. The molecule has 2 saturated carbocycles. The number of halogens is 2. The van der Waals surface area contributed by atoms with Gasteiger partial charge in [0.1, 0.15) is 0 Å². The van der Waals surface area contributed by atoms with Gasteiger partial charge in [-0.1, -0.05) is 59.6 Å². The Balaban J connectivity index is 0.000000186. The number of primary amides is 2. The molecule has 5 amide bonds. The van der Waals surface area contributed by atoms with Gasteiger partial charge in [0.15, 0.2) is 0 Å². The number of nitrogens with one attached hydrogen (secondary N) is 7. The van der Waals surface area contributed by atoms with Crippen LogP contribution in [0.15, 0.2) is 122 Å². The van der Waals surface area contributed by atoms with Crippen LogP contribution in [0.4, 0.5) is 23.3 Å². The van der Waals surface area contributed by atoms with Gasteiger partial charge >= 0.3 is 23.7 Å². The number of rotatable bonds is 11. The van der Waals surface area contributed by atoms with Crippen LogP contribution in [0.3, 0.4) is 0 Å². The number of aromatic amines is 2. The normalized spacial score (nSPS) is 16.8. The van der Waals surface area contributed by atoms with E-state index in [2.05, 4.69) is 52.3 Å². The predicted molar refractivity (Wildman–Crippen MR) is 295 cm³/mol. The van der Waals surface area contributed by atoms with Crippen molar-refractivity contribution in [2.45, 2.75) is 75.5 Å². The number of nitrogens with zero attached hydrogens (tertiary/aromatic N) is 4. The number of carbonyl (C=O) groups is 6. The van der Waals surface area contributed by atoms with Gasteiger partial charge in [-0.25, -0.2) is 24.7 Å². The van der Waals surface area contributed by atoms with Crippen LogP contribution in [-0.2, 0) is 19.2 Å². The number of benzene rings is 4. The van der Waals surface area contributed by atoms with Crippen molar-refractivity contribution >= 4 is 104 Å². The van der Waals surface area contributed by atoms with Gasteiger partial charge in [0, 0.05) is 92.0 Å². The highest BCUT2D eigenvalue weighted by atomic mass is 35.5.